The van der Waals surface area contributed by atoms with E-state index >= 15 is 0 Å². The molecule has 0 bridgehead atoms. The summed E-state index contributed by atoms with van der Waals surface area (Å²) in [5, 5.41) is 3.07. The molecule has 0 spiro atoms. The van der Waals surface area contributed by atoms with E-state index in [1.165, 1.54) is 0 Å². The molecule has 4 heteroatoms. The molecule has 1 heterocycles. The van der Waals surface area contributed by atoms with Gasteiger partial charge >= 0.3 is 0 Å². The number of nitrogens with two attached hydrogens (primary N) is 1. The van der Waals surface area contributed by atoms with E-state index in [1.54, 1.807) is 0 Å². The molecule has 0 saturated carbocycles. The molecule has 3 N–H and O–H groups in total. The van der Waals surface area contributed by atoms with E-state index in [4.69, 9.17) is 5.73 Å². The predicted molar refractivity (Wildman–Crippen MR) is 60.0 cm³/mol. The van der Waals surface area contributed by atoms with Crippen molar-refractivity contribution < 1.29 is 0 Å². The second-order valence-corrected chi connectivity index (χ2v) is 2.73. The Morgan fingerprint density at radius 1 is 1.50 bits per heavy atom. The third kappa shape index (κ3) is 4.99. The van der Waals surface area contributed by atoms with Crippen molar-refractivity contribution in [3.05, 3.63) is 18.2 Å². The maximum absolute atomic E-state index is 5.29. The summed E-state index contributed by atoms with van der Waals surface area (Å²) in [6.45, 7) is 8.55. The maximum Gasteiger partial charge on any atom is 0.105 e. The topological polar surface area (TPSA) is 55.9 Å². The summed E-state index contributed by atoms with van der Waals surface area (Å²) in [4.78, 5) is 4.13. The molecule has 4 nitrogen and oxygen atoms in total. The van der Waals surface area contributed by atoms with Gasteiger partial charge in [-0.1, -0.05) is 13.8 Å². The van der Waals surface area contributed by atoms with Crippen LogP contribution in [0.5, 0.6) is 0 Å². The van der Waals surface area contributed by atoms with Crippen LogP contribution in [0.1, 0.15) is 26.1 Å². The molecule has 0 unspecified atom stereocenters. The summed E-state index contributed by atoms with van der Waals surface area (Å²) in [5.41, 5.74) is 5.29. The minimum atomic E-state index is 0.558. The van der Waals surface area contributed by atoms with Crippen molar-refractivity contribution in [1.29, 1.82) is 0 Å². The third-order valence-corrected chi connectivity index (χ3v) is 1.82. The molecule has 1 aromatic rings. The number of aryl methyl sites for hydroxylation is 2. The van der Waals surface area contributed by atoms with Crippen molar-refractivity contribution in [2.75, 3.05) is 13.2 Å². The average Bonchev–Trinajstić information content (AvgIpc) is 2.62. The summed E-state index contributed by atoms with van der Waals surface area (Å²) in [5.74, 6) is 1.07. The van der Waals surface area contributed by atoms with Gasteiger partial charge in [-0.25, -0.2) is 4.98 Å². The standard InChI is InChI=1S/C8H16N4.C2H6/c1-8-11-4-6-12(8)5-2-3-10-7-9;1-2/h4,6,10H,2-3,5,7,9H2,1H3;1-2H3. The molecule has 1 aromatic heterocycles. The van der Waals surface area contributed by atoms with Crippen LogP contribution in [0.2, 0.25) is 0 Å². The van der Waals surface area contributed by atoms with E-state index in [-0.39, 0.29) is 0 Å². The summed E-state index contributed by atoms with van der Waals surface area (Å²) in [6, 6.07) is 0. The molecule has 0 amide bonds. The summed E-state index contributed by atoms with van der Waals surface area (Å²) in [7, 11) is 0. The Labute approximate surface area is 86.5 Å². The SMILES string of the molecule is CC.Cc1nccn1CCCNCN. The lowest BCUT2D eigenvalue weighted by molar-refractivity contribution is 0.578. The van der Waals surface area contributed by atoms with E-state index in [0.29, 0.717) is 6.67 Å². The van der Waals surface area contributed by atoms with Gasteiger partial charge in [0.2, 0.25) is 0 Å². The largest absolute Gasteiger partial charge is 0.335 e. The highest BCUT2D eigenvalue weighted by atomic mass is 15.1. The van der Waals surface area contributed by atoms with Crippen molar-refractivity contribution in [3.8, 4) is 0 Å². The zero-order chi connectivity index (χ0) is 10.8. The highest BCUT2D eigenvalue weighted by molar-refractivity contribution is 4.87. The molecule has 0 aliphatic rings. The lowest BCUT2D eigenvalue weighted by Crippen LogP contribution is -2.24. The Hall–Kier alpha value is -0.870. The van der Waals surface area contributed by atoms with Gasteiger partial charge in [0.25, 0.3) is 0 Å². The van der Waals surface area contributed by atoms with E-state index in [0.717, 1.165) is 25.3 Å². The van der Waals surface area contributed by atoms with Gasteiger partial charge in [0.15, 0.2) is 0 Å². The molecule has 0 aliphatic carbocycles. The van der Waals surface area contributed by atoms with Crippen LogP contribution in [0.3, 0.4) is 0 Å². The van der Waals surface area contributed by atoms with Crippen LogP contribution in [0.15, 0.2) is 12.4 Å². The molecule has 0 saturated heterocycles. The minimum absolute atomic E-state index is 0.558. The fourth-order valence-electron chi connectivity index (χ4n) is 1.12. The van der Waals surface area contributed by atoms with Gasteiger partial charge in [0, 0.05) is 25.6 Å². The Balaban J connectivity index is 0.000000791. The van der Waals surface area contributed by atoms with Crippen molar-refractivity contribution in [2.24, 2.45) is 5.73 Å². The van der Waals surface area contributed by atoms with Gasteiger partial charge in [-0.3, -0.25) is 0 Å². The Morgan fingerprint density at radius 2 is 2.21 bits per heavy atom. The van der Waals surface area contributed by atoms with E-state index in [1.807, 2.05) is 33.2 Å². The van der Waals surface area contributed by atoms with Gasteiger partial charge in [-0.05, 0) is 19.9 Å². The van der Waals surface area contributed by atoms with Gasteiger partial charge in [-0.15, -0.1) is 0 Å². The molecule has 0 radical (unpaired) electrons. The number of aromatic nitrogens is 2. The van der Waals surface area contributed by atoms with E-state index in [2.05, 4.69) is 14.9 Å². The average molecular weight is 198 g/mol. The predicted octanol–water partition coefficient (Wildman–Crippen LogP) is 1.11. The lowest BCUT2D eigenvalue weighted by atomic mass is 10.4. The summed E-state index contributed by atoms with van der Waals surface area (Å²) in [6.07, 6.45) is 4.91. The molecule has 14 heavy (non-hydrogen) atoms. The van der Waals surface area contributed by atoms with Crippen LogP contribution < -0.4 is 11.1 Å². The van der Waals surface area contributed by atoms with Gasteiger partial charge in [0.1, 0.15) is 5.82 Å². The molecule has 0 aliphatic heterocycles. The fraction of sp³-hybridized carbons (Fsp3) is 0.700. The van der Waals surface area contributed by atoms with Crippen molar-refractivity contribution in [1.82, 2.24) is 14.9 Å². The lowest BCUT2D eigenvalue weighted by Gasteiger charge is -2.04. The first-order valence-electron chi connectivity index (χ1n) is 5.23. The Morgan fingerprint density at radius 3 is 2.71 bits per heavy atom. The highest BCUT2D eigenvalue weighted by Crippen LogP contribution is 1.95. The molecule has 0 atom stereocenters. The first-order valence-corrected chi connectivity index (χ1v) is 5.23. The summed E-state index contributed by atoms with van der Waals surface area (Å²) < 4.78 is 2.14. The Kier molecular flexibility index (Phi) is 8.17. The Bertz CT molecular complexity index is 220. The third-order valence-electron chi connectivity index (χ3n) is 1.82. The number of rotatable bonds is 5. The molecular formula is C10H22N4. The van der Waals surface area contributed by atoms with Gasteiger partial charge in [-0.2, -0.15) is 0 Å². The number of imidazole rings is 1. The molecule has 0 fully saturated rings. The molecule has 0 aromatic carbocycles. The zero-order valence-electron chi connectivity index (χ0n) is 9.45. The second kappa shape index (κ2) is 8.72. The monoisotopic (exact) mass is 198 g/mol. The zero-order valence-corrected chi connectivity index (χ0v) is 9.45. The minimum Gasteiger partial charge on any atom is -0.335 e. The quantitative estimate of drug-likeness (QED) is 0.550. The smallest absolute Gasteiger partial charge is 0.105 e. The van der Waals surface area contributed by atoms with Crippen LogP contribution in [-0.2, 0) is 6.54 Å². The van der Waals surface area contributed by atoms with Crippen LogP contribution in [0.25, 0.3) is 0 Å². The number of nitrogens with zero attached hydrogens (tertiary/aromatic N) is 2. The molecule has 82 valence electrons. The van der Waals surface area contributed by atoms with Crippen molar-refractivity contribution in [2.45, 2.75) is 33.7 Å². The first kappa shape index (κ1) is 13.1. The van der Waals surface area contributed by atoms with Crippen molar-refractivity contribution in [3.63, 3.8) is 0 Å². The molecule has 1 rings (SSSR count). The highest BCUT2D eigenvalue weighted by Gasteiger charge is 1.94. The summed E-state index contributed by atoms with van der Waals surface area (Å²) >= 11 is 0. The first-order chi connectivity index (χ1) is 6.84. The number of hydrogen-bond acceptors (Lipinski definition) is 3. The molecular weight excluding hydrogens is 176 g/mol. The van der Waals surface area contributed by atoms with Gasteiger partial charge < -0.3 is 15.6 Å². The van der Waals surface area contributed by atoms with Crippen LogP contribution >= 0.6 is 0 Å². The van der Waals surface area contributed by atoms with Crippen molar-refractivity contribution >= 4 is 0 Å². The van der Waals surface area contributed by atoms with E-state index in [9.17, 15) is 0 Å². The van der Waals surface area contributed by atoms with Gasteiger partial charge in [0.05, 0.1) is 0 Å². The normalized spacial score (nSPS) is 9.43. The number of nitrogens with one attached hydrogen (secondary N) is 1. The van der Waals surface area contributed by atoms with Crippen LogP contribution in [0, 0.1) is 6.92 Å². The van der Waals surface area contributed by atoms with Crippen LogP contribution in [-0.4, -0.2) is 22.8 Å². The van der Waals surface area contributed by atoms with E-state index < -0.39 is 0 Å². The second-order valence-electron chi connectivity index (χ2n) is 2.73. The maximum atomic E-state index is 5.29. The van der Waals surface area contributed by atoms with Crippen LogP contribution in [0.4, 0.5) is 0 Å². The number of hydrogen-bond donors (Lipinski definition) is 2. The fourth-order valence-corrected chi connectivity index (χ4v) is 1.12.